The number of fused-ring (bicyclic) bond motifs is 13. The molecule has 0 bridgehead atoms. The average molecular weight is 742 g/mol. The minimum Gasteiger partial charge on any atom is -0.310 e. The van der Waals surface area contributed by atoms with Crippen LogP contribution in [-0.4, -0.2) is 0 Å². The van der Waals surface area contributed by atoms with Crippen molar-refractivity contribution in [3.8, 4) is 44.5 Å². The molecule has 12 rings (SSSR count). The zero-order valence-electron chi connectivity index (χ0n) is 31.1. The monoisotopic (exact) mass is 741 g/mol. The van der Waals surface area contributed by atoms with Crippen LogP contribution in [0, 0.1) is 0 Å². The van der Waals surface area contributed by atoms with Crippen LogP contribution < -0.4 is 4.90 Å². The molecule has 1 heterocycles. The van der Waals surface area contributed by atoms with Crippen LogP contribution in [-0.2, 0) is 5.41 Å². The van der Waals surface area contributed by atoms with Crippen LogP contribution in [0.3, 0.4) is 0 Å². The molecule has 1 spiro atoms. The molecule has 0 saturated carbocycles. The first-order valence-corrected chi connectivity index (χ1v) is 20.5. The fourth-order valence-electron chi connectivity index (χ4n) is 9.91. The van der Waals surface area contributed by atoms with Crippen LogP contribution in [0.5, 0.6) is 0 Å². The molecule has 2 heteroatoms. The van der Waals surface area contributed by atoms with E-state index in [1.165, 1.54) is 86.9 Å². The van der Waals surface area contributed by atoms with Gasteiger partial charge in [0.2, 0.25) is 0 Å². The third-order valence-corrected chi connectivity index (χ3v) is 13.4. The molecule has 57 heavy (non-hydrogen) atoms. The molecule has 9 aromatic carbocycles. The van der Waals surface area contributed by atoms with E-state index in [-0.39, 0.29) is 0 Å². The van der Waals surface area contributed by atoms with Gasteiger partial charge in [0.15, 0.2) is 0 Å². The van der Waals surface area contributed by atoms with Gasteiger partial charge >= 0.3 is 0 Å². The summed E-state index contributed by atoms with van der Waals surface area (Å²) in [6.07, 6.45) is 0. The molecule has 2 aliphatic rings. The highest BCUT2D eigenvalue weighted by Gasteiger charge is 2.51. The highest BCUT2D eigenvalue weighted by atomic mass is 32.1. The van der Waals surface area contributed by atoms with E-state index in [1.807, 2.05) is 11.3 Å². The lowest BCUT2D eigenvalue weighted by Crippen LogP contribution is -2.26. The molecule has 0 fully saturated rings. The third kappa shape index (κ3) is 4.68. The van der Waals surface area contributed by atoms with Gasteiger partial charge in [-0.3, -0.25) is 0 Å². The number of hydrogen-bond acceptors (Lipinski definition) is 2. The van der Waals surface area contributed by atoms with Crippen molar-refractivity contribution in [2.24, 2.45) is 0 Å². The van der Waals surface area contributed by atoms with E-state index in [2.05, 4.69) is 217 Å². The molecular formula is C55H35NS. The molecule has 0 atom stereocenters. The molecule has 0 aliphatic heterocycles. The summed E-state index contributed by atoms with van der Waals surface area (Å²) in [6.45, 7) is 0. The van der Waals surface area contributed by atoms with Gasteiger partial charge in [-0.15, -0.1) is 11.3 Å². The number of benzene rings is 9. The van der Waals surface area contributed by atoms with Crippen LogP contribution in [0.2, 0.25) is 0 Å². The molecule has 10 aromatic rings. The number of para-hydroxylation sites is 1. The fourth-order valence-corrected chi connectivity index (χ4v) is 11.0. The lowest BCUT2D eigenvalue weighted by Gasteiger charge is -2.33. The van der Waals surface area contributed by atoms with Crippen molar-refractivity contribution >= 4 is 48.6 Å². The van der Waals surface area contributed by atoms with E-state index in [4.69, 9.17) is 0 Å². The first-order chi connectivity index (χ1) is 28.3. The first kappa shape index (κ1) is 32.3. The summed E-state index contributed by atoms with van der Waals surface area (Å²) in [5, 5.41) is 2.61. The Kier molecular flexibility index (Phi) is 7.08. The van der Waals surface area contributed by atoms with Crippen molar-refractivity contribution in [2.45, 2.75) is 5.41 Å². The molecule has 2 aliphatic carbocycles. The standard InChI is InChI=1S/C55H35NS/c1-2-15-36(16-3-1)37-17-14-18-39(33-37)56(52-27-12-7-19-41(52)38-29-32-54-47(34-38)46-23-8-13-28-53(46)57-54)40-30-31-45-44-22-6-11-26-50(44)55(51(45)35-40)48-24-9-4-20-42(48)43-21-5-10-25-49(43)55/h1-35H. The summed E-state index contributed by atoms with van der Waals surface area (Å²) in [7, 11) is 0. The molecular weight excluding hydrogens is 707 g/mol. The number of nitrogens with zero attached hydrogens (tertiary/aromatic N) is 1. The highest BCUT2D eigenvalue weighted by Crippen LogP contribution is 2.63. The van der Waals surface area contributed by atoms with Gasteiger partial charge in [-0.2, -0.15) is 0 Å². The third-order valence-electron chi connectivity index (χ3n) is 12.3. The molecule has 0 saturated heterocycles. The molecule has 0 N–H and O–H groups in total. The number of thiophene rings is 1. The topological polar surface area (TPSA) is 3.24 Å². The van der Waals surface area contributed by atoms with Gasteiger partial charge in [0, 0.05) is 37.1 Å². The zero-order valence-corrected chi connectivity index (χ0v) is 31.9. The van der Waals surface area contributed by atoms with Crippen LogP contribution in [0.25, 0.3) is 64.7 Å². The first-order valence-electron chi connectivity index (χ1n) is 19.7. The van der Waals surface area contributed by atoms with Crippen molar-refractivity contribution in [1.29, 1.82) is 0 Å². The number of rotatable bonds is 5. The minimum atomic E-state index is -0.433. The predicted molar refractivity (Wildman–Crippen MR) is 241 cm³/mol. The summed E-state index contributed by atoms with van der Waals surface area (Å²) in [4.78, 5) is 2.49. The second-order valence-electron chi connectivity index (χ2n) is 15.2. The van der Waals surface area contributed by atoms with E-state index < -0.39 is 5.41 Å². The SMILES string of the molecule is c1ccc(-c2cccc(N(c3ccc4c(c3)C3(c5ccccc5-c5ccccc53)c3ccccc3-4)c3ccccc3-c3ccc4sc5ccccc5c4c3)c2)cc1. The summed E-state index contributed by atoms with van der Waals surface area (Å²) < 4.78 is 2.63. The minimum absolute atomic E-state index is 0.433. The van der Waals surface area contributed by atoms with E-state index in [0.717, 1.165) is 17.1 Å². The smallest absolute Gasteiger partial charge is 0.0726 e. The van der Waals surface area contributed by atoms with Gasteiger partial charge in [0.05, 0.1) is 11.1 Å². The number of hydrogen-bond donors (Lipinski definition) is 0. The van der Waals surface area contributed by atoms with Crippen molar-refractivity contribution in [3.05, 3.63) is 235 Å². The quantitative estimate of drug-likeness (QED) is 0.170. The summed E-state index contributed by atoms with van der Waals surface area (Å²) >= 11 is 1.86. The van der Waals surface area contributed by atoms with Gasteiger partial charge < -0.3 is 4.90 Å². The molecule has 266 valence electrons. The molecule has 0 unspecified atom stereocenters. The predicted octanol–water partition coefficient (Wildman–Crippen LogP) is 15.2. The van der Waals surface area contributed by atoms with Crippen LogP contribution >= 0.6 is 11.3 Å². The lowest BCUT2D eigenvalue weighted by molar-refractivity contribution is 0.793. The summed E-state index contributed by atoms with van der Waals surface area (Å²) in [6, 6.07) is 78.8. The van der Waals surface area contributed by atoms with E-state index in [9.17, 15) is 0 Å². The lowest BCUT2D eigenvalue weighted by atomic mass is 9.70. The van der Waals surface area contributed by atoms with Crippen LogP contribution in [0.1, 0.15) is 22.3 Å². The van der Waals surface area contributed by atoms with Crippen molar-refractivity contribution in [2.75, 3.05) is 4.90 Å². The van der Waals surface area contributed by atoms with Crippen molar-refractivity contribution in [3.63, 3.8) is 0 Å². The molecule has 1 nitrogen and oxygen atoms in total. The molecule has 0 amide bonds. The average Bonchev–Trinajstić information content (AvgIpc) is 3.91. The normalized spacial score (nSPS) is 13.1. The van der Waals surface area contributed by atoms with Crippen molar-refractivity contribution < 1.29 is 0 Å². The van der Waals surface area contributed by atoms with Gasteiger partial charge in [0.1, 0.15) is 0 Å². The Morgan fingerprint density at radius 1 is 0.316 bits per heavy atom. The van der Waals surface area contributed by atoms with E-state index in [1.54, 1.807) is 0 Å². The maximum Gasteiger partial charge on any atom is 0.0726 e. The van der Waals surface area contributed by atoms with Gasteiger partial charge in [-0.25, -0.2) is 0 Å². The van der Waals surface area contributed by atoms with E-state index in [0.29, 0.717) is 0 Å². The Morgan fingerprint density at radius 3 is 1.61 bits per heavy atom. The highest BCUT2D eigenvalue weighted by molar-refractivity contribution is 7.25. The largest absolute Gasteiger partial charge is 0.310 e. The zero-order chi connectivity index (χ0) is 37.5. The molecule has 0 radical (unpaired) electrons. The number of anilines is 3. The maximum atomic E-state index is 2.50. The van der Waals surface area contributed by atoms with Crippen LogP contribution in [0.4, 0.5) is 17.1 Å². The molecule has 1 aromatic heterocycles. The Balaban J connectivity index is 1.12. The van der Waals surface area contributed by atoms with Gasteiger partial charge in [-0.1, -0.05) is 164 Å². The second-order valence-corrected chi connectivity index (χ2v) is 16.3. The Labute approximate surface area is 336 Å². The van der Waals surface area contributed by atoms with Gasteiger partial charge in [0.25, 0.3) is 0 Å². The maximum absolute atomic E-state index is 2.50. The second kappa shape index (κ2) is 12.5. The van der Waals surface area contributed by atoms with Gasteiger partial charge in [-0.05, 0) is 110 Å². The summed E-state index contributed by atoms with van der Waals surface area (Å²) in [5.41, 5.74) is 18.3. The van der Waals surface area contributed by atoms with Crippen LogP contribution in [0.15, 0.2) is 212 Å². The summed E-state index contributed by atoms with van der Waals surface area (Å²) in [5.74, 6) is 0. The Morgan fingerprint density at radius 2 is 0.877 bits per heavy atom. The fraction of sp³-hybridized carbons (Fsp3) is 0.0182. The van der Waals surface area contributed by atoms with E-state index >= 15 is 0 Å². The Hall–Kier alpha value is -7.00. The van der Waals surface area contributed by atoms with Crippen molar-refractivity contribution in [1.82, 2.24) is 0 Å². The Bertz CT molecular complexity index is 3140.